The van der Waals surface area contributed by atoms with Crippen LogP contribution in [-0.2, 0) is 20.7 Å². The summed E-state index contributed by atoms with van der Waals surface area (Å²) in [7, 11) is 0. The molecule has 33 heavy (non-hydrogen) atoms. The van der Waals surface area contributed by atoms with Gasteiger partial charge in [-0.15, -0.1) is 0 Å². The third kappa shape index (κ3) is 6.62. The lowest BCUT2D eigenvalue weighted by molar-refractivity contribution is -0.139. The number of rotatable bonds is 9. The Morgan fingerprint density at radius 3 is 2.15 bits per heavy atom. The summed E-state index contributed by atoms with van der Waals surface area (Å²) in [6.45, 7) is 7.26. The largest absolute Gasteiger partial charge is 0.462 e. The molecule has 0 aliphatic carbocycles. The topological polar surface area (TPSA) is 52.6 Å². The first-order valence-corrected chi connectivity index (χ1v) is 10.9. The first-order chi connectivity index (χ1) is 15.9. The van der Waals surface area contributed by atoms with Gasteiger partial charge in [0, 0.05) is 17.6 Å². The standard InChI is InChI=1S/C28H27FO4/c1-4-27(30)33-24-14-11-22(12-15-24)25-16-13-23(18-26(25)29)21-9-7-20(8-10-21)6-5-17-32-28(31)19(2)3/h7-16,18H,2,4-6,17H2,1,3H3. The summed E-state index contributed by atoms with van der Waals surface area (Å²) in [5.74, 6) is -0.562. The zero-order valence-electron chi connectivity index (χ0n) is 18.9. The smallest absolute Gasteiger partial charge is 0.333 e. The highest BCUT2D eigenvalue weighted by Crippen LogP contribution is 2.29. The number of carbonyl (C=O) groups is 2. The van der Waals surface area contributed by atoms with Crippen LogP contribution in [0.1, 0.15) is 32.3 Å². The molecule has 3 rings (SSSR count). The molecule has 0 unspecified atom stereocenters. The average Bonchev–Trinajstić information content (AvgIpc) is 2.82. The second-order valence-corrected chi connectivity index (χ2v) is 7.76. The molecule has 0 aliphatic rings. The van der Waals surface area contributed by atoms with Crippen molar-refractivity contribution in [3.05, 3.63) is 90.3 Å². The summed E-state index contributed by atoms with van der Waals surface area (Å²) < 4.78 is 25.1. The summed E-state index contributed by atoms with van der Waals surface area (Å²) in [6.07, 6.45) is 1.79. The summed E-state index contributed by atoms with van der Waals surface area (Å²) in [4.78, 5) is 22.8. The van der Waals surface area contributed by atoms with Gasteiger partial charge in [-0.05, 0) is 60.2 Å². The zero-order valence-corrected chi connectivity index (χ0v) is 18.9. The molecule has 0 N–H and O–H groups in total. The van der Waals surface area contributed by atoms with E-state index < -0.39 is 0 Å². The maximum absolute atomic E-state index is 14.9. The molecule has 3 aromatic rings. The number of ether oxygens (including phenoxy) is 2. The number of esters is 2. The molecule has 0 amide bonds. The number of halogens is 1. The molecule has 4 nitrogen and oxygen atoms in total. The van der Waals surface area contributed by atoms with Crippen LogP contribution in [0.25, 0.3) is 22.3 Å². The lowest BCUT2D eigenvalue weighted by Gasteiger charge is -2.09. The van der Waals surface area contributed by atoms with Crippen molar-refractivity contribution < 1.29 is 23.5 Å². The van der Waals surface area contributed by atoms with Crippen molar-refractivity contribution in [2.75, 3.05) is 6.61 Å². The highest BCUT2D eigenvalue weighted by molar-refractivity contribution is 5.86. The molecule has 0 atom stereocenters. The molecular weight excluding hydrogens is 419 g/mol. The predicted molar refractivity (Wildman–Crippen MR) is 127 cm³/mol. The van der Waals surface area contributed by atoms with Crippen molar-refractivity contribution in [2.24, 2.45) is 0 Å². The Kier molecular flexibility index (Phi) is 8.14. The Balaban J connectivity index is 1.63. The highest BCUT2D eigenvalue weighted by Gasteiger charge is 2.09. The quantitative estimate of drug-likeness (QED) is 0.162. The van der Waals surface area contributed by atoms with E-state index in [9.17, 15) is 14.0 Å². The fraction of sp³-hybridized carbons (Fsp3) is 0.214. The third-order valence-electron chi connectivity index (χ3n) is 5.13. The summed E-state index contributed by atoms with van der Waals surface area (Å²) in [5, 5.41) is 0. The van der Waals surface area contributed by atoms with Crippen LogP contribution in [0.3, 0.4) is 0 Å². The van der Waals surface area contributed by atoms with E-state index in [1.807, 2.05) is 30.3 Å². The van der Waals surface area contributed by atoms with Gasteiger partial charge in [-0.25, -0.2) is 9.18 Å². The Morgan fingerprint density at radius 1 is 0.909 bits per heavy atom. The SMILES string of the molecule is C=C(C)C(=O)OCCCc1ccc(-c2ccc(-c3ccc(OC(=O)CC)cc3)c(F)c2)cc1. The molecule has 0 spiro atoms. The zero-order chi connectivity index (χ0) is 23.8. The van der Waals surface area contributed by atoms with Crippen molar-refractivity contribution in [3.8, 4) is 28.0 Å². The normalized spacial score (nSPS) is 10.5. The summed E-state index contributed by atoms with van der Waals surface area (Å²) in [5.41, 5.74) is 4.40. The summed E-state index contributed by atoms with van der Waals surface area (Å²) >= 11 is 0. The minimum Gasteiger partial charge on any atom is -0.462 e. The fourth-order valence-electron chi connectivity index (χ4n) is 3.26. The lowest BCUT2D eigenvalue weighted by atomic mass is 9.98. The molecule has 0 fully saturated rings. The van der Waals surface area contributed by atoms with E-state index in [0.717, 1.165) is 29.5 Å². The molecule has 0 heterocycles. The maximum Gasteiger partial charge on any atom is 0.333 e. The van der Waals surface area contributed by atoms with E-state index in [2.05, 4.69) is 6.58 Å². The van der Waals surface area contributed by atoms with Gasteiger partial charge in [-0.2, -0.15) is 0 Å². The molecule has 0 aromatic heterocycles. The van der Waals surface area contributed by atoms with Crippen LogP contribution in [0.2, 0.25) is 0 Å². The Labute approximate surface area is 193 Å². The Hall–Kier alpha value is -3.73. The number of hydrogen-bond acceptors (Lipinski definition) is 4. The highest BCUT2D eigenvalue weighted by atomic mass is 19.1. The average molecular weight is 447 g/mol. The van der Waals surface area contributed by atoms with Crippen molar-refractivity contribution in [1.29, 1.82) is 0 Å². The second kappa shape index (κ2) is 11.2. The van der Waals surface area contributed by atoms with Crippen LogP contribution in [0.15, 0.2) is 78.9 Å². The fourth-order valence-corrected chi connectivity index (χ4v) is 3.26. The van der Waals surface area contributed by atoms with Gasteiger partial charge in [0.2, 0.25) is 0 Å². The van der Waals surface area contributed by atoms with Crippen molar-refractivity contribution in [3.63, 3.8) is 0 Å². The van der Waals surface area contributed by atoms with Crippen LogP contribution in [-0.4, -0.2) is 18.5 Å². The Morgan fingerprint density at radius 2 is 1.55 bits per heavy atom. The molecule has 0 aliphatic heterocycles. The molecule has 5 heteroatoms. The number of aryl methyl sites for hydroxylation is 1. The van der Waals surface area contributed by atoms with Crippen LogP contribution in [0, 0.1) is 5.82 Å². The number of carbonyl (C=O) groups excluding carboxylic acids is 2. The van der Waals surface area contributed by atoms with Gasteiger partial charge in [-0.1, -0.05) is 62.0 Å². The van der Waals surface area contributed by atoms with Crippen LogP contribution in [0.4, 0.5) is 4.39 Å². The minimum absolute atomic E-state index is 0.295. The van der Waals surface area contributed by atoms with E-state index >= 15 is 0 Å². The molecule has 0 bridgehead atoms. The number of hydrogen-bond donors (Lipinski definition) is 0. The first-order valence-electron chi connectivity index (χ1n) is 10.9. The van der Waals surface area contributed by atoms with Crippen LogP contribution >= 0.6 is 0 Å². The molecular formula is C28H27FO4. The third-order valence-corrected chi connectivity index (χ3v) is 5.13. The first kappa shape index (κ1) is 23.9. The van der Waals surface area contributed by atoms with Gasteiger partial charge in [0.25, 0.3) is 0 Å². The second-order valence-electron chi connectivity index (χ2n) is 7.76. The van der Waals surface area contributed by atoms with E-state index in [1.165, 1.54) is 6.07 Å². The lowest BCUT2D eigenvalue weighted by Crippen LogP contribution is -2.06. The van der Waals surface area contributed by atoms with Gasteiger partial charge in [0.1, 0.15) is 11.6 Å². The Bertz CT molecular complexity index is 1130. The summed E-state index contributed by atoms with van der Waals surface area (Å²) in [6, 6.07) is 19.9. The van der Waals surface area contributed by atoms with Crippen molar-refractivity contribution in [2.45, 2.75) is 33.1 Å². The molecule has 170 valence electrons. The molecule has 0 saturated carbocycles. The van der Waals surface area contributed by atoms with Gasteiger partial charge in [-0.3, -0.25) is 4.79 Å². The van der Waals surface area contributed by atoms with Gasteiger partial charge in [0.05, 0.1) is 6.61 Å². The van der Waals surface area contributed by atoms with Gasteiger partial charge < -0.3 is 9.47 Å². The van der Waals surface area contributed by atoms with E-state index in [-0.39, 0.29) is 17.8 Å². The van der Waals surface area contributed by atoms with Crippen LogP contribution in [0.5, 0.6) is 5.75 Å². The van der Waals surface area contributed by atoms with Crippen molar-refractivity contribution >= 4 is 11.9 Å². The van der Waals surface area contributed by atoms with Crippen molar-refractivity contribution in [1.82, 2.24) is 0 Å². The molecule has 3 aromatic carbocycles. The van der Waals surface area contributed by atoms with E-state index in [0.29, 0.717) is 35.5 Å². The van der Waals surface area contributed by atoms with E-state index in [1.54, 1.807) is 44.2 Å². The van der Waals surface area contributed by atoms with Gasteiger partial charge >= 0.3 is 11.9 Å². The predicted octanol–water partition coefficient (Wildman–Crippen LogP) is 6.53. The molecule has 0 saturated heterocycles. The van der Waals surface area contributed by atoms with E-state index in [4.69, 9.17) is 9.47 Å². The minimum atomic E-state index is -0.369. The monoisotopic (exact) mass is 446 g/mol. The number of benzene rings is 3. The maximum atomic E-state index is 14.9. The molecule has 0 radical (unpaired) electrons. The van der Waals surface area contributed by atoms with Crippen LogP contribution < -0.4 is 4.74 Å². The van der Waals surface area contributed by atoms with Gasteiger partial charge in [0.15, 0.2) is 0 Å².